The predicted molar refractivity (Wildman–Crippen MR) is 71.9 cm³/mol. The highest BCUT2D eigenvalue weighted by Gasteiger charge is 2.41. The number of hydrogen-bond acceptors (Lipinski definition) is 6. The van der Waals surface area contributed by atoms with Crippen LogP contribution in [-0.2, 0) is 9.47 Å². The number of nitrogens with two attached hydrogens (primary N) is 1. The fourth-order valence-electron chi connectivity index (χ4n) is 2.63. The maximum atomic E-state index is 11.5. The maximum absolute atomic E-state index is 11.5. The monoisotopic (exact) mass is 298 g/mol. The van der Waals surface area contributed by atoms with Crippen LogP contribution in [-0.4, -0.2) is 54.6 Å². The van der Waals surface area contributed by atoms with E-state index in [0.29, 0.717) is 38.7 Å². The zero-order valence-electron chi connectivity index (χ0n) is 10.8. The lowest BCUT2D eigenvalue weighted by molar-refractivity contribution is -0.0581. The minimum Gasteiger partial charge on any atom is -0.378 e. The second-order valence-corrected chi connectivity index (χ2v) is 5.41. The quantitative estimate of drug-likeness (QED) is 0.840. The number of amides is 1. The molecule has 1 aromatic heterocycles. The number of carbonyl (C=O) groups excluding carboxylic acids is 1. The van der Waals surface area contributed by atoms with Crippen LogP contribution >= 0.6 is 11.6 Å². The molecule has 8 heteroatoms. The lowest BCUT2D eigenvalue weighted by atomic mass is 10.0. The highest BCUT2D eigenvalue weighted by Crippen LogP contribution is 2.30. The van der Waals surface area contributed by atoms with Crippen LogP contribution in [0.1, 0.15) is 16.8 Å². The van der Waals surface area contributed by atoms with E-state index in [1.165, 1.54) is 6.07 Å². The molecule has 1 amide bonds. The van der Waals surface area contributed by atoms with Gasteiger partial charge in [0.25, 0.3) is 5.91 Å². The average molecular weight is 299 g/mol. The summed E-state index contributed by atoms with van der Waals surface area (Å²) in [7, 11) is 0. The summed E-state index contributed by atoms with van der Waals surface area (Å²) in [5.41, 5.74) is 5.34. The molecule has 108 valence electrons. The maximum Gasteiger partial charge on any atom is 0.252 e. The number of rotatable bonds is 2. The van der Waals surface area contributed by atoms with E-state index in [2.05, 4.69) is 10.2 Å². The summed E-state index contributed by atoms with van der Waals surface area (Å²) in [4.78, 5) is 13.5. The van der Waals surface area contributed by atoms with Crippen molar-refractivity contribution in [1.29, 1.82) is 0 Å². The molecule has 0 saturated carbocycles. The molecule has 2 saturated heterocycles. The molecule has 2 aliphatic rings. The average Bonchev–Trinajstić information content (AvgIpc) is 2.86. The van der Waals surface area contributed by atoms with Crippen molar-refractivity contribution in [3.63, 3.8) is 0 Å². The van der Waals surface area contributed by atoms with Gasteiger partial charge in [0, 0.05) is 19.6 Å². The van der Waals surface area contributed by atoms with Crippen molar-refractivity contribution in [2.75, 3.05) is 37.8 Å². The number of nitrogens with zero attached hydrogens (tertiary/aromatic N) is 3. The van der Waals surface area contributed by atoms with E-state index in [-0.39, 0.29) is 16.3 Å². The Balaban J connectivity index is 1.90. The number of hydrogen-bond donors (Lipinski definition) is 1. The van der Waals surface area contributed by atoms with Crippen LogP contribution < -0.4 is 10.6 Å². The molecule has 20 heavy (non-hydrogen) atoms. The van der Waals surface area contributed by atoms with Gasteiger partial charge in [-0.1, -0.05) is 11.6 Å². The van der Waals surface area contributed by atoms with Crippen LogP contribution in [0.15, 0.2) is 6.07 Å². The third-order valence-electron chi connectivity index (χ3n) is 3.63. The number of morpholine rings is 1. The van der Waals surface area contributed by atoms with Gasteiger partial charge in [0.2, 0.25) is 0 Å². The van der Waals surface area contributed by atoms with Crippen molar-refractivity contribution in [2.24, 2.45) is 5.73 Å². The van der Waals surface area contributed by atoms with E-state index < -0.39 is 5.91 Å². The van der Waals surface area contributed by atoms with Gasteiger partial charge in [-0.2, -0.15) is 0 Å². The molecular formula is C12H15ClN4O3. The van der Waals surface area contributed by atoms with Gasteiger partial charge in [-0.25, -0.2) is 0 Å². The Morgan fingerprint density at radius 1 is 1.45 bits per heavy atom. The topological polar surface area (TPSA) is 90.6 Å². The first-order valence-electron chi connectivity index (χ1n) is 6.39. The summed E-state index contributed by atoms with van der Waals surface area (Å²) in [6, 6.07) is 1.44. The summed E-state index contributed by atoms with van der Waals surface area (Å²) in [5.74, 6) is -0.114. The van der Waals surface area contributed by atoms with Crippen LogP contribution in [0.5, 0.6) is 0 Å². The van der Waals surface area contributed by atoms with Gasteiger partial charge in [-0.05, 0) is 6.07 Å². The van der Waals surface area contributed by atoms with Gasteiger partial charge < -0.3 is 20.1 Å². The zero-order chi connectivity index (χ0) is 14.2. The number of anilines is 1. The number of carbonyl (C=O) groups is 1. The van der Waals surface area contributed by atoms with Crippen LogP contribution in [0, 0.1) is 0 Å². The molecule has 2 aliphatic heterocycles. The predicted octanol–water partition coefficient (Wildman–Crippen LogP) is 0.225. The molecule has 3 heterocycles. The van der Waals surface area contributed by atoms with Crippen molar-refractivity contribution >= 4 is 23.3 Å². The van der Waals surface area contributed by atoms with Crippen molar-refractivity contribution in [3.8, 4) is 0 Å². The first-order valence-corrected chi connectivity index (χ1v) is 6.77. The molecule has 1 spiro atoms. The van der Waals surface area contributed by atoms with Gasteiger partial charge in [0.15, 0.2) is 11.0 Å². The van der Waals surface area contributed by atoms with Crippen LogP contribution in [0.25, 0.3) is 0 Å². The number of primary amides is 1. The van der Waals surface area contributed by atoms with Crippen molar-refractivity contribution in [2.45, 2.75) is 12.0 Å². The Morgan fingerprint density at radius 3 is 3.00 bits per heavy atom. The molecule has 1 aromatic rings. The Labute approximate surface area is 121 Å². The van der Waals surface area contributed by atoms with E-state index in [0.717, 1.165) is 6.42 Å². The molecule has 2 fully saturated rings. The fourth-order valence-corrected chi connectivity index (χ4v) is 2.78. The van der Waals surface area contributed by atoms with Crippen molar-refractivity contribution in [3.05, 3.63) is 16.8 Å². The first-order chi connectivity index (χ1) is 9.60. The minimum absolute atomic E-state index is 0.148. The molecule has 1 atom stereocenters. The summed E-state index contributed by atoms with van der Waals surface area (Å²) in [6.07, 6.45) is 0.830. The van der Waals surface area contributed by atoms with Crippen LogP contribution in [0.4, 0.5) is 5.82 Å². The Kier molecular flexibility index (Phi) is 3.49. The number of halogens is 1. The Bertz CT molecular complexity index is 533. The van der Waals surface area contributed by atoms with Gasteiger partial charge in [-0.3, -0.25) is 4.79 Å². The van der Waals surface area contributed by atoms with E-state index in [1.54, 1.807) is 0 Å². The highest BCUT2D eigenvalue weighted by atomic mass is 35.5. The van der Waals surface area contributed by atoms with E-state index >= 15 is 0 Å². The second kappa shape index (κ2) is 5.16. The second-order valence-electron chi connectivity index (χ2n) is 5.02. The molecule has 3 rings (SSSR count). The third kappa shape index (κ3) is 2.44. The Morgan fingerprint density at radius 2 is 2.30 bits per heavy atom. The molecule has 1 unspecified atom stereocenters. The lowest BCUT2D eigenvalue weighted by Crippen LogP contribution is -2.53. The normalized spacial score (nSPS) is 26.1. The van der Waals surface area contributed by atoms with E-state index in [1.807, 2.05) is 4.90 Å². The Hall–Kier alpha value is -1.44. The third-order valence-corrected chi connectivity index (χ3v) is 3.81. The van der Waals surface area contributed by atoms with Gasteiger partial charge in [-0.15, -0.1) is 10.2 Å². The molecular weight excluding hydrogens is 284 g/mol. The minimum atomic E-state index is -0.569. The molecule has 7 nitrogen and oxygen atoms in total. The SMILES string of the molecule is NC(=O)c1cc(Cl)nnc1N1CCOC2(CCOC2)C1. The first kappa shape index (κ1) is 13.5. The molecule has 0 aliphatic carbocycles. The van der Waals surface area contributed by atoms with Gasteiger partial charge in [0.1, 0.15) is 5.60 Å². The standard InChI is InChI=1S/C12H15ClN4O3/c13-9-5-8(10(14)18)11(16-15-9)17-2-4-20-12(6-17)1-3-19-7-12/h5H,1-4,6-7H2,(H2,14,18). The molecule has 0 bridgehead atoms. The smallest absolute Gasteiger partial charge is 0.252 e. The zero-order valence-corrected chi connectivity index (χ0v) is 11.6. The lowest BCUT2D eigenvalue weighted by Gasteiger charge is -2.40. The van der Waals surface area contributed by atoms with Crippen LogP contribution in [0.3, 0.4) is 0 Å². The molecule has 0 radical (unpaired) electrons. The summed E-state index contributed by atoms with van der Waals surface area (Å²) < 4.78 is 11.3. The summed E-state index contributed by atoms with van der Waals surface area (Å²) >= 11 is 5.78. The summed E-state index contributed by atoms with van der Waals surface area (Å²) in [6.45, 7) is 3.01. The highest BCUT2D eigenvalue weighted by molar-refractivity contribution is 6.29. The van der Waals surface area contributed by atoms with Crippen LogP contribution in [0.2, 0.25) is 5.15 Å². The number of aromatic nitrogens is 2. The largest absolute Gasteiger partial charge is 0.378 e. The van der Waals surface area contributed by atoms with Crippen molar-refractivity contribution < 1.29 is 14.3 Å². The van der Waals surface area contributed by atoms with E-state index in [9.17, 15) is 4.79 Å². The van der Waals surface area contributed by atoms with Gasteiger partial charge in [0.05, 0.1) is 25.3 Å². The number of ether oxygens (including phenoxy) is 2. The molecule has 0 aromatic carbocycles. The summed E-state index contributed by atoms with van der Waals surface area (Å²) in [5, 5.41) is 7.98. The van der Waals surface area contributed by atoms with Crippen molar-refractivity contribution in [1.82, 2.24) is 10.2 Å². The van der Waals surface area contributed by atoms with E-state index in [4.69, 9.17) is 26.8 Å². The van der Waals surface area contributed by atoms with Gasteiger partial charge >= 0.3 is 0 Å². The fraction of sp³-hybridized carbons (Fsp3) is 0.583. The molecule has 2 N–H and O–H groups in total.